The van der Waals surface area contributed by atoms with Gasteiger partial charge in [0.25, 0.3) is 5.56 Å². The highest BCUT2D eigenvalue weighted by Gasteiger charge is 2.15. The van der Waals surface area contributed by atoms with Crippen molar-refractivity contribution in [3.63, 3.8) is 0 Å². The number of hydrogen-bond donors (Lipinski definition) is 1. The molecule has 0 amide bonds. The van der Waals surface area contributed by atoms with Crippen LogP contribution < -0.4 is 10.5 Å². The number of aromatic carboxylic acids is 1. The predicted molar refractivity (Wildman–Crippen MR) is 60.1 cm³/mol. The molecule has 1 aromatic rings. The van der Waals surface area contributed by atoms with Crippen molar-refractivity contribution in [1.29, 1.82) is 0 Å². The van der Waals surface area contributed by atoms with Gasteiger partial charge < -0.3 is 19.4 Å². The van der Waals surface area contributed by atoms with Crippen LogP contribution in [0.15, 0.2) is 17.1 Å². The molecule has 0 saturated heterocycles. The smallest absolute Gasteiger partial charge is 0.338 e. The van der Waals surface area contributed by atoms with Crippen LogP contribution in [-0.2, 0) is 11.8 Å². The monoisotopic (exact) mass is 226 g/mol. The maximum Gasteiger partial charge on any atom is 0.338 e. The Morgan fingerprint density at radius 1 is 1.44 bits per heavy atom. The van der Waals surface area contributed by atoms with E-state index in [1.54, 1.807) is 21.1 Å². The molecular weight excluding hydrogens is 212 g/mol. The second-order valence-corrected chi connectivity index (χ2v) is 3.19. The fraction of sp³-hybridized carbons (Fsp3) is 0.300. The Hall–Kier alpha value is -2.11. The average molecular weight is 226 g/mol. The molecule has 1 rings (SSSR count). The van der Waals surface area contributed by atoms with Gasteiger partial charge in [0.05, 0.1) is 5.56 Å². The zero-order valence-electron chi connectivity index (χ0n) is 9.43. The number of carboxylic acid groups (broad SMARTS) is 1. The van der Waals surface area contributed by atoms with Crippen molar-refractivity contribution in [2.75, 3.05) is 19.0 Å². The zero-order valence-corrected chi connectivity index (χ0v) is 9.43. The summed E-state index contributed by atoms with van der Waals surface area (Å²) in [6.45, 7) is 2.00. The van der Waals surface area contributed by atoms with Crippen LogP contribution in [0.3, 0.4) is 0 Å². The molecule has 0 spiro atoms. The summed E-state index contributed by atoms with van der Waals surface area (Å²) in [5, 5.41) is 8.86. The summed E-state index contributed by atoms with van der Waals surface area (Å²) in [7, 11) is 4.87. The summed E-state index contributed by atoms with van der Waals surface area (Å²) in [4.78, 5) is 31.9. The lowest BCUT2D eigenvalue weighted by atomic mass is 10.2. The van der Waals surface area contributed by atoms with E-state index in [2.05, 4.69) is 0 Å². The number of pyridine rings is 1. The number of nitrogens with zero attached hydrogens (tertiary/aromatic N) is 2. The van der Waals surface area contributed by atoms with Crippen molar-refractivity contribution in [1.82, 2.24) is 4.57 Å². The molecule has 0 aliphatic carbocycles. The minimum atomic E-state index is -1.09. The molecule has 6 nitrogen and oxygen atoms in total. The van der Waals surface area contributed by atoms with Crippen molar-refractivity contribution >= 4 is 18.4 Å². The first-order valence-corrected chi connectivity index (χ1v) is 4.34. The maximum atomic E-state index is 11.6. The van der Waals surface area contributed by atoms with Gasteiger partial charge in [-0.3, -0.25) is 4.79 Å². The molecule has 0 saturated carbocycles. The van der Waals surface area contributed by atoms with Gasteiger partial charge in [0.15, 0.2) is 0 Å². The molecule has 1 N–H and O–H groups in total. The minimum Gasteiger partial charge on any atom is -0.478 e. The third-order valence-corrected chi connectivity index (χ3v) is 1.92. The normalized spacial score (nSPS) is 8.94. The largest absolute Gasteiger partial charge is 0.478 e. The average Bonchev–Trinajstić information content (AvgIpc) is 2.23. The van der Waals surface area contributed by atoms with E-state index in [1.165, 1.54) is 21.7 Å². The number of aromatic nitrogens is 1. The molecule has 88 valence electrons. The second kappa shape index (κ2) is 5.69. The Balaban J connectivity index is 0.00000106. The number of carboxylic acids is 1. The molecule has 0 fully saturated rings. The van der Waals surface area contributed by atoms with E-state index in [0.717, 1.165) is 0 Å². The van der Waals surface area contributed by atoms with Crippen molar-refractivity contribution in [3.8, 4) is 0 Å². The summed E-state index contributed by atoms with van der Waals surface area (Å²) in [6, 6.07) is 1.42. The summed E-state index contributed by atoms with van der Waals surface area (Å²) in [5.41, 5.74) is -0.0875. The topological polar surface area (TPSA) is 79.6 Å². The first-order valence-electron chi connectivity index (χ1n) is 4.34. The van der Waals surface area contributed by atoms with Gasteiger partial charge in [0.1, 0.15) is 12.5 Å². The molecule has 0 unspecified atom stereocenters. The van der Waals surface area contributed by atoms with Crippen LogP contribution >= 0.6 is 0 Å². The molecule has 1 aromatic heterocycles. The van der Waals surface area contributed by atoms with E-state index in [4.69, 9.17) is 9.90 Å². The Labute approximate surface area is 92.7 Å². The van der Waals surface area contributed by atoms with Gasteiger partial charge in [0, 0.05) is 27.3 Å². The van der Waals surface area contributed by atoms with Crippen LogP contribution in [0.1, 0.15) is 10.4 Å². The number of rotatable bonds is 2. The first kappa shape index (κ1) is 13.9. The molecule has 0 atom stereocenters. The Morgan fingerprint density at radius 3 is 2.31 bits per heavy atom. The van der Waals surface area contributed by atoms with E-state index in [-0.39, 0.29) is 16.8 Å². The van der Waals surface area contributed by atoms with Gasteiger partial charge in [-0.2, -0.15) is 0 Å². The predicted octanol–water partition coefficient (Wildman–Crippen LogP) is -0.0354. The standard InChI is InChI=1S/C9H12N2O3.CH2O/c1-10(2)7-6(9(13)14)4-5-11(3)8(7)12;1-2/h4-5H,1-3H3,(H,13,14);1H2. The third-order valence-electron chi connectivity index (χ3n) is 1.92. The van der Waals surface area contributed by atoms with Crippen molar-refractivity contribution < 1.29 is 14.7 Å². The van der Waals surface area contributed by atoms with Crippen LogP contribution in [0.2, 0.25) is 0 Å². The summed E-state index contributed by atoms with van der Waals surface area (Å²) in [6.07, 6.45) is 1.44. The summed E-state index contributed by atoms with van der Waals surface area (Å²) in [5.74, 6) is -1.09. The number of carbonyl (C=O) groups is 2. The van der Waals surface area contributed by atoms with E-state index < -0.39 is 5.97 Å². The number of aryl methyl sites for hydroxylation is 1. The molecule has 0 bridgehead atoms. The molecule has 0 aliphatic rings. The fourth-order valence-electron chi connectivity index (χ4n) is 1.22. The van der Waals surface area contributed by atoms with Crippen LogP contribution in [0.4, 0.5) is 5.69 Å². The highest BCUT2D eigenvalue weighted by atomic mass is 16.4. The van der Waals surface area contributed by atoms with Crippen molar-refractivity contribution in [2.45, 2.75) is 0 Å². The lowest BCUT2D eigenvalue weighted by Gasteiger charge is -2.14. The molecule has 1 heterocycles. The van der Waals surface area contributed by atoms with E-state index in [1.807, 2.05) is 6.79 Å². The van der Waals surface area contributed by atoms with E-state index >= 15 is 0 Å². The van der Waals surface area contributed by atoms with Gasteiger partial charge in [-0.1, -0.05) is 0 Å². The van der Waals surface area contributed by atoms with Crippen LogP contribution in [0.5, 0.6) is 0 Å². The molecule has 0 aliphatic heterocycles. The van der Waals surface area contributed by atoms with Crippen molar-refractivity contribution in [2.24, 2.45) is 7.05 Å². The zero-order chi connectivity index (χ0) is 12.9. The van der Waals surface area contributed by atoms with Gasteiger partial charge >= 0.3 is 5.97 Å². The van der Waals surface area contributed by atoms with Gasteiger partial charge in [-0.15, -0.1) is 0 Å². The van der Waals surface area contributed by atoms with Crippen LogP contribution in [-0.4, -0.2) is 36.5 Å². The quantitative estimate of drug-likeness (QED) is 0.765. The maximum absolute atomic E-state index is 11.6. The number of hydrogen-bond acceptors (Lipinski definition) is 4. The SMILES string of the molecule is C=O.CN(C)c1c(C(=O)O)ccn(C)c1=O. The van der Waals surface area contributed by atoms with Crippen LogP contribution in [0, 0.1) is 0 Å². The first-order chi connectivity index (χ1) is 7.45. The van der Waals surface area contributed by atoms with Gasteiger partial charge in [-0.25, -0.2) is 4.79 Å². The van der Waals surface area contributed by atoms with E-state index in [0.29, 0.717) is 0 Å². The van der Waals surface area contributed by atoms with Crippen LogP contribution in [0.25, 0.3) is 0 Å². The highest BCUT2D eigenvalue weighted by molar-refractivity contribution is 5.93. The number of anilines is 1. The summed E-state index contributed by atoms with van der Waals surface area (Å²) < 4.78 is 1.35. The van der Waals surface area contributed by atoms with Gasteiger partial charge in [-0.05, 0) is 6.07 Å². The molecule has 0 aromatic carbocycles. The minimum absolute atomic E-state index is 0.0260. The van der Waals surface area contributed by atoms with Gasteiger partial charge in [0.2, 0.25) is 0 Å². The van der Waals surface area contributed by atoms with Crippen molar-refractivity contribution in [3.05, 3.63) is 28.2 Å². The lowest BCUT2D eigenvalue weighted by Crippen LogP contribution is -2.28. The Kier molecular flexibility index (Phi) is 4.94. The second-order valence-electron chi connectivity index (χ2n) is 3.19. The molecule has 0 radical (unpaired) electrons. The Morgan fingerprint density at radius 2 is 1.94 bits per heavy atom. The third kappa shape index (κ3) is 2.69. The molecule has 6 heteroatoms. The Bertz CT molecular complexity index is 437. The lowest BCUT2D eigenvalue weighted by molar-refractivity contribution is -0.0980. The highest BCUT2D eigenvalue weighted by Crippen LogP contribution is 2.11. The fourth-order valence-corrected chi connectivity index (χ4v) is 1.22. The molecule has 16 heavy (non-hydrogen) atoms. The van der Waals surface area contributed by atoms with E-state index in [9.17, 15) is 9.59 Å². The molecular formula is C10H14N2O4. The summed E-state index contributed by atoms with van der Waals surface area (Å²) >= 11 is 0. The number of carbonyl (C=O) groups excluding carboxylic acids is 1.